The summed E-state index contributed by atoms with van der Waals surface area (Å²) in [6.07, 6.45) is 0. The number of non-ortho nitro benzene ring substituents is 1. The van der Waals surface area contributed by atoms with Crippen LogP contribution in [-0.4, -0.2) is 10.8 Å². The number of nitro groups is 1. The van der Waals surface area contributed by atoms with E-state index in [1.165, 1.54) is 24.3 Å². The summed E-state index contributed by atoms with van der Waals surface area (Å²) in [7, 11) is 0. The highest BCUT2D eigenvalue weighted by molar-refractivity contribution is 5.92. The standard InChI is InChI=1S/C16H16N2O4/c1-11(2)16(19)17-12-3-7-14(8-4-12)22-15-9-5-13(6-10-15)18(20)21/h3-11H,1-2H3,(H,17,19). The minimum atomic E-state index is -0.462. The van der Waals surface area contributed by atoms with Crippen molar-refractivity contribution < 1.29 is 14.5 Å². The van der Waals surface area contributed by atoms with E-state index < -0.39 is 4.92 Å². The average molecular weight is 300 g/mol. The van der Waals surface area contributed by atoms with Gasteiger partial charge in [-0.1, -0.05) is 13.8 Å². The first-order chi connectivity index (χ1) is 10.5. The Morgan fingerprint density at radius 3 is 2.00 bits per heavy atom. The molecule has 2 aromatic carbocycles. The normalized spacial score (nSPS) is 10.3. The number of nitrogens with zero attached hydrogens (tertiary/aromatic N) is 1. The van der Waals surface area contributed by atoms with Crippen LogP contribution in [0.4, 0.5) is 11.4 Å². The molecule has 0 aliphatic heterocycles. The molecule has 0 bridgehead atoms. The van der Waals surface area contributed by atoms with Crippen molar-refractivity contribution in [1.82, 2.24) is 0 Å². The molecule has 0 heterocycles. The molecule has 0 saturated heterocycles. The number of rotatable bonds is 5. The van der Waals surface area contributed by atoms with E-state index in [0.29, 0.717) is 17.2 Å². The fourth-order valence-electron chi connectivity index (χ4n) is 1.66. The maximum Gasteiger partial charge on any atom is 0.269 e. The van der Waals surface area contributed by atoms with E-state index in [-0.39, 0.29) is 17.5 Å². The van der Waals surface area contributed by atoms with Gasteiger partial charge in [0.25, 0.3) is 5.69 Å². The Labute approximate surface area is 127 Å². The van der Waals surface area contributed by atoms with Crippen LogP contribution in [0.2, 0.25) is 0 Å². The average Bonchev–Trinajstić information content (AvgIpc) is 2.49. The third-order valence-corrected chi connectivity index (χ3v) is 2.93. The summed E-state index contributed by atoms with van der Waals surface area (Å²) < 4.78 is 5.59. The molecule has 2 aromatic rings. The largest absolute Gasteiger partial charge is 0.457 e. The van der Waals surface area contributed by atoms with E-state index in [4.69, 9.17) is 4.74 Å². The fraction of sp³-hybridized carbons (Fsp3) is 0.188. The first kappa shape index (κ1) is 15.5. The van der Waals surface area contributed by atoms with Crippen LogP contribution in [0.25, 0.3) is 0 Å². The molecule has 0 atom stereocenters. The molecule has 0 unspecified atom stereocenters. The van der Waals surface area contributed by atoms with Crippen LogP contribution in [-0.2, 0) is 4.79 Å². The number of carbonyl (C=O) groups excluding carboxylic acids is 1. The Morgan fingerprint density at radius 1 is 1.05 bits per heavy atom. The van der Waals surface area contributed by atoms with E-state index >= 15 is 0 Å². The number of amides is 1. The van der Waals surface area contributed by atoms with Gasteiger partial charge >= 0.3 is 0 Å². The third-order valence-electron chi connectivity index (χ3n) is 2.93. The molecule has 0 aliphatic rings. The first-order valence-electron chi connectivity index (χ1n) is 6.79. The lowest BCUT2D eigenvalue weighted by molar-refractivity contribution is -0.384. The highest BCUT2D eigenvalue weighted by atomic mass is 16.6. The lowest BCUT2D eigenvalue weighted by Crippen LogP contribution is -2.17. The van der Waals surface area contributed by atoms with Gasteiger partial charge in [0, 0.05) is 23.7 Å². The quantitative estimate of drug-likeness (QED) is 0.669. The summed E-state index contributed by atoms with van der Waals surface area (Å²) in [5, 5.41) is 13.4. The van der Waals surface area contributed by atoms with Crippen molar-refractivity contribution in [1.29, 1.82) is 0 Å². The zero-order valence-corrected chi connectivity index (χ0v) is 12.3. The molecule has 22 heavy (non-hydrogen) atoms. The molecule has 0 spiro atoms. The van der Waals surface area contributed by atoms with Crippen molar-refractivity contribution in [3.63, 3.8) is 0 Å². The molecule has 0 aromatic heterocycles. The highest BCUT2D eigenvalue weighted by Crippen LogP contribution is 2.25. The SMILES string of the molecule is CC(C)C(=O)Nc1ccc(Oc2ccc([N+](=O)[O-])cc2)cc1. The molecule has 114 valence electrons. The van der Waals surface area contributed by atoms with Crippen molar-refractivity contribution in [2.75, 3.05) is 5.32 Å². The van der Waals surface area contributed by atoms with Crippen LogP contribution in [0.1, 0.15) is 13.8 Å². The van der Waals surface area contributed by atoms with E-state index in [0.717, 1.165) is 0 Å². The summed E-state index contributed by atoms with van der Waals surface area (Å²) in [5.41, 5.74) is 0.703. The number of carbonyl (C=O) groups is 1. The number of hydrogen-bond donors (Lipinski definition) is 1. The summed E-state index contributed by atoms with van der Waals surface area (Å²) in [5.74, 6) is 0.945. The Kier molecular flexibility index (Phi) is 4.73. The predicted molar refractivity (Wildman–Crippen MR) is 83.1 cm³/mol. The Balaban J connectivity index is 2.01. The fourth-order valence-corrected chi connectivity index (χ4v) is 1.66. The second-order valence-corrected chi connectivity index (χ2v) is 5.02. The van der Waals surface area contributed by atoms with Gasteiger partial charge < -0.3 is 10.1 Å². The Hall–Kier alpha value is -2.89. The number of benzene rings is 2. The smallest absolute Gasteiger partial charge is 0.269 e. The topological polar surface area (TPSA) is 81.5 Å². The molecular weight excluding hydrogens is 284 g/mol. The van der Waals surface area contributed by atoms with E-state index in [2.05, 4.69) is 5.32 Å². The summed E-state index contributed by atoms with van der Waals surface area (Å²) in [4.78, 5) is 21.7. The molecule has 0 fully saturated rings. The minimum absolute atomic E-state index is 0.0131. The van der Waals surface area contributed by atoms with Crippen LogP contribution in [0, 0.1) is 16.0 Å². The maximum absolute atomic E-state index is 11.6. The molecular formula is C16H16N2O4. The monoisotopic (exact) mass is 300 g/mol. The third kappa shape index (κ3) is 4.05. The number of hydrogen-bond acceptors (Lipinski definition) is 4. The molecule has 0 aliphatic carbocycles. The van der Waals surface area contributed by atoms with Gasteiger partial charge in [0.1, 0.15) is 11.5 Å². The van der Waals surface area contributed by atoms with Crippen molar-refractivity contribution in [3.05, 3.63) is 58.6 Å². The molecule has 6 nitrogen and oxygen atoms in total. The summed E-state index contributed by atoms with van der Waals surface area (Å²) in [6.45, 7) is 3.64. The van der Waals surface area contributed by atoms with Crippen LogP contribution in [0.15, 0.2) is 48.5 Å². The van der Waals surface area contributed by atoms with Crippen molar-refractivity contribution in [3.8, 4) is 11.5 Å². The van der Waals surface area contributed by atoms with Crippen molar-refractivity contribution >= 4 is 17.3 Å². The number of nitrogens with one attached hydrogen (secondary N) is 1. The van der Waals surface area contributed by atoms with Gasteiger partial charge in [-0.15, -0.1) is 0 Å². The zero-order chi connectivity index (χ0) is 16.1. The van der Waals surface area contributed by atoms with Crippen molar-refractivity contribution in [2.24, 2.45) is 5.92 Å². The van der Waals surface area contributed by atoms with Crippen LogP contribution >= 0.6 is 0 Å². The lowest BCUT2D eigenvalue weighted by Gasteiger charge is -2.09. The second kappa shape index (κ2) is 6.71. The van der Waals surface area contributed by atoms with Gasteiger partial charge in [0.2, 0.25) is 5.91 Å². The van der Waals surface area contributed by atoms with Gasteiger partial charge in [0.05, 0.1) is 4.92 Å². The van der Waals surface area contributed by atoms with Gasteiger partial charge in [-0.2, -0.15) is 0 Å². The number of anilines is 1. The molecule has 1 amide bonds. The van der Waals surface area contributed by atoms with Gasteiger partial charge in [0.15, 0.2) is 0 Å². The molecule has 0 saturated carbocycles. The molecule has 2 rings (SSSR count). The molecule has 6 heteroatoms. The highest BCUT2D eigenvalue weighted by Gasteiger charge is 2.08. The molecule has 1 N–H and O–H groups in total. The minimum Gasteiger partial charge on any atom is -0.457 e. The van der Waals surface area contributed by atoms with E-state index in [9.17, 15) is 14.9 Å². The first-order valence-corrected chi connectivity index (χ1v) is 6.79. The molecule has 0 radical (unpaired) electrons. The van der Waals surface area contributed by atoms with Crippen LogP contribution < -0.4 is 10.1 Å². The van der Waals surface area contributed by atoms with Crippen LogP contribution in [0.3, 0.4) is 0 Å². The summed E-state index contributed by atoms with van der Waals surface area (Å²) >= 11 is 0. The van der Waals surface area contributed by atoms with Crippen LogP contribution in [0.5, 0.6) is 11.5 Å². The summed E-state index contributed by atoms with van der Waals surface area (Å²) in [6, 6.07) is 12.7. The van der Waals surface area contributed by atoms with Gasteiger partial charge in [-0.3, -0.25) is 14.9 Å². The lowest BCUT2D eigenvalue weighted by atomic mass is 10.2. The van der Waals surface area contributed by atoms with Gasteiger partial charge in [-0.25, -0.2) is 0 Å². The zero-order valence-electron chi connectivity index (χ0n) is 12.3. The van der Waals surface area contributed by atoms with E-state index in [1.807, 2.05) is 13.8 Å². The Morgan fingerprint density at radius 2 is 1.55 bits per heavy atom. The second-order valence-electron chi connectivity index (χ2n) is 5.02. The van der Waals surface area contributed by atoms with Gasteiger partial charge in [-0.05, 0) is 36.4 Å². The van der Waals surface area contributed by atoms with E-state index in [1.54, 1.807) is 24.3 Å². The Bertz CT molecular complexity index is 664. The predicted octanol–water partition coefficient (Wildman–Crippen LogP) is 3.98. The number of nitro benzene ring substituents is 1. The number of ether oxygens (including phenoxy) is 1. The maximum atomic E-state index is 11.6. The van der Waals surface area contributed by atoms with Crippen molar-refractivity contribution in [2.45, 2.75) is 13.8 Å².